The summed E-state index contributed by atoms with van der Waals surface area (Å²) in [4.78, 5) is 18.7. The van der Waals surface area contributed by atoms with Crippen molar-refractivity contribution in [1.29, 1.82) is 0 Å². The van der Waals surface area contributed by atoms with Gasteiger partial charge in [0.15, 0.2) is 0 Å². The van der Waals surface area contributed by atoms with Crippen LogP contribution in [0.3, 0.4) is 0 Å². The number of amides is 1. The van der Waals surface area contributed by atoms with E-state index in [4.69, 9.17) is 9.26 Å². The van der Waals surface area contributed by atoms with Crippen LogP contribution in [0.15, 0.2) is 77.4 Å². The van der Waals surface area contributed by atoms with Crippen LogP contribution < -0.4 is 4.74 Å². The van der Waals surface area contributed by atoms with Gasteiger partial charge in [0.1, 0.15) is 17.5 Å². The highest BCUT2D eigenvalue weighted by molar-refractivity contribution is 5.93. The van der Waals surface area contributed by atoms with Gasteiger partial charge in [0, 0.05) is 24.4 Å². The van der Waals surface area contributed by atoms with E-state index in [1.165, 1.54) is 0 Å². The van der Waals surface area contributed by atoms with Crippen molar-refractivity contribution < 1.29 is 14.1 Å². The van der Waals surface area contributed by atoms with Crippen LogP contribution in [0.4, 0.5) is 0 Å². The second-order valence-corrected chi connectivity index (χ2v) is 7.27. The molecule has 0 unspecified atom stereocenters. The molecule has 1 aliphatic heterocycles. The van der Waals surface area contributed by atoms with Crippen molar-refractivity contribution in [2.24, 2.45) is 7.05 Å². The van der Waals surface area contributed by atoms with E-state index in [-0.39, 0.29) is 12.0 Å². The Morgan fingerprint density at radius 2 is 1.77 bits per heavy atom. The molecule has 0 saturated carbocycles. The molecule has 1 saturated heterocycles. The second kappa shape index (κ2) is 7.51. The summed E-state index contributed by atoms with van der Waals surface area (Å²) in [5.41, 5.74) is 2.42. The summed E-state index contributed by atoms with van der Waals surface area (Å²) in [6.07, 6.45) is 1.86. The Hall–Kier alpha value is -3.87. The number of nitrogens with zero attached hydrogens (tertiary/aromatic N) is 4. The molecule has 2 aromatic heterocycles. The lowest BCUT2D eigenvalue weighted by Gasteiger charge is -2.39. The van der Waals surface area contributed by atoms with Gasteiger partial charge in [-0.2, -0.15) is 4.98 Å². The van der Waals surface area contributed by atoms with Gasteiger partial charge in [0.05, 0.1) is 13.1 Å². The van der Waals surface area contributed by atoms with E-state index < -0.39 is 0 Å². The van der Waals surface area contributed by atoms with Crippen molar-refractivity contribution in [3.05, 3.63) is 78.6 Å². The van der Waals surface area contributed by atoms with Crippen molar-refractivity contribution in [2.45, 2.75) is 6.10 Å². The van der Waals surface area contributed by atoms with Gasteiger partial charge < -0.3 is 18.7 Å². The third-order valence-corrected chi connectivity index (χ3v) is 5.16. The first-order valence-electron chi connectivity index (χ1n) is 9.74. The molecular formula is C23H20N4O3. The van der Waals surface area contributed by atoms with Gasteiger partial charge in [0.2, 0.25) is 5.82 Å². The third-order valence-electron chi connectivity index (χ3n) is 5.16. The Morgan fingerprint density at radius 1 is 1.00 bits per heavy atom. The highest BCUT2D eigenvalue weighted by Crippen LogP contribution is 2.26. The smallest absolute Gasteiger partial charge is 0.270 e. The van der Waals surface area contributed by atoms with E-state index in [2.05, 4.69) is 10.1 Å². The summed E-state index contributed by atoms with van der Waals surface area (Å²) in [5.74, 6) is 1.80. The third kappa shape index (κ3) is 3.45. The van der Waals surface area contributed by atoms with Crippen LogP contribution in [0.25, 0.3) is 22.8 Å². The fourth-order valence-corrected chi connectivity index (χ4v) is 3.44. The van der Waals surface area contributed by atoms with Gasteiger partial charge in [0.25, 0.3) is 11.8 Å². The number of carbonyl (C=O) groups is 1. The van der Waals surface area contributed by atoms with Crippen LogP contribution in [-0.4, -0.2) is 44.7 Å². The molecular weight excluding hydrogens is 380 g/mol. The largest absolute Gasteiger partial charge is 0.487 e. The summed E-state index contributed by atoms with van der Waals surface area (Å²) >= 11 is 0. The van der Waals surface area contributed by atoms with E-state index in [9.17, 15) is 4.79 Å². The summed E-state index contributed by atoms with van der Waals surface area (Å²) in [6.45, 7) is 1.16. The lowest BCUT2D eigenvalue weighted by molar-refractivity contribution is 0.0171. The highest BCUT2D eigenvalue weighted by Gasteiger charge is 2.33. The Kier molecular flexibility index (Phi) is 4.55. The zero-order valence-electron chi connectivity index (χ0n) is 16.4. The average Bonchev–Trinajstić information content (AvgIpc) is 3.40. The first kappa shape index (κ1) is 18.2. The quantitative estimate of drug-likeness (QED) is 0.511. The van der Waals surface area contributed by atoms with E-state index >= 15 is 0 Å². The molecule has 7 nitrogen and oxygen atoms in total. The molecule has 0 bridgehead atoms. The average molecular weight is 400 g/mol. The van der Waals surface area contributed by atoms with Gasteiger partial charge in [-0.25, -0.2) is 0 Å². The molecule has 1 aliphatic rings. The molecule has 0 atom stereocenters. The molecule has 0 radical (unpaired) electrons. The van der Waals surface area contributed by atoms with E-state index in [1.807, 2.05) is 84.5 Å². The number of aryl methyl sites for hydroxylation is 1. The van der Waals surface area contributed by atoms with Gasteiger partial charge in [-0.15, -0.1) is 0 Å². The number of hydrogen-bond donors (Lipinski definition) is 0. The normalized spacial score (nSPS) is 13.8. The zero-order valence-corrected chi connectivity index (χ0v) is 16.4. The molecule has 0 N–H and O–H groups in total. The Bertz CT molecular complexity index is 1160. The minimum Gasteiger partial charge on any atom is -0.487 e. The maximum Gasteiger partial charge on any atom is 0.270 e. The number of aromatic nitrogens is 3. The molecule has 4 aromatic rings. The fraction of sp³-hybridized carbons (Fsp3) is 0.174. The number of hydrogen-bond acceptors (Lipinski definition) is 5. The lowest BCUT2D eigenvalue weighted by atomic mass is 10.1. The summed E-state index contributed by atoms with van der Waals surface area (Å²) in [7, 11) is 1.87. The standard InChI is InChI=1S/C23H20N4O3/c1-26-13-5-8-20(26)23(28)27-14-19(15-27)29-18-11-9-17(10-12-18)22-24-21(25-30-22)16-6-3-2-4-7-16/h2-13,19H,14-15H2,1H3. The second-order valence-electron chi connectivity index (χ2n) is 7.27. The first-order chi connectivity index (χ1) is 14.7. The van der Waals surface area contributed by atoms with Gasteiger partial charge >= 0.3 is 0 Å². The predicted octanol–water partition coefficient (Wildman–Crippen LogP) is 3.65. The lowest BCUT2D eigenvalue weighted by Crippen LogP contribution is -2.56. The predicted molar refractivity (Wildman–Crippen MR) is 111 cm³/mol. The molecule has 5 rings (SSSR count). The van der Waals surface area contributed by atoms with Crippen molar-refractivity contribution in [3.63, 3.8) is 0 Å². The van der Waals surface area contributed by atoms with Crippen molar-refractivity contribution >= 4 is 5.91 Å². The van der Waals surface area contributed by atoms with Gasteiger partial charge in [-0.3, -0.25) is 4.79 Å². The van der Waals surface area contributed by atoms with Crippen LogP contribution in [0, 0.1) is 0 Å². The van der Waals surface area contributed by atoms with Crippen LogP contribution in [0.1, 0.15) is 10.5 Å². The molecule has 3 heterocycles. The topological polar surface area (TPSA) is 73.4 Å². The Labute approximate surface area is 173 Å². The molecule has 1 fully saturated rings. The monoisotopic (exact) mass is 400 g/mol. The minimum atomic E-state index is -0.00634. The number of rotatable bonds is 5. The Morgan fingerprint density at radius 3 is 2.47 bits per heavy atom. The number of ether oxygens (including phenoxy) is 1. The number of carbonyl (C=O) groups excluding carboxylic acids is 1. The summed E-state index contributed by atoms with van der Waals surface area (Å²) < 4.78 is 13.2. The van der Waals surface area contributed by atoms with Crippen LogP contribution >= 0.6 is 0 Å². The van der Waals surface area contributed by atoms with Gasteiger partial charge in [-0.1, -0.05) is 35.5 Å². The van der Waals surface area contributed by atoms with Crippen LogP contribution in [0.2, 0.25) is 0 Å². The molecule has 1 amide bonds. The molecule has 0 spiro atoms. The van der Waals surface area contributed by atoms with Crippen molar-refractivity contribution in [2.75, 3.05) is 13.1 Å². The van der Waals surface area contributed by atoms with E-state index in [1.54, 1.807) is 4.90 Å². The Balaban J connectivity index is 1.19. The first-order valence-corrected chi connectivity index (χ1v) is 9.74. The molecule has 0 aliphatic carbocycles. The van der Waals surface area contributed by atoms with Crippen LogP contribution in [-0.2, 0) is 7.05 Å². The maximum absolute atomic E-state index is 12.4. The maximum atomic E-state index is 12.4. The fourth-order valence-electron chi connectivity index (χ4n) is 3.44. The molecule has 7 heteroatoms. The molecule has 150 valence electrons. The van der Waals surface area contributed by atoms with E-state index in [0.29, 0.717) is 30.5 Å². The van der Waals surface area contributed by atoms with Crippen molar-refractivity contribution in [1.82, 2.24) is 19.6 Å². The molecule has 30 heavy (non-hydrogen) atoms. The SMILES string of the molecule is Cn1cccc1C(=O)N1CC(Oc2ccc(-c3nc(-c4ccccc4)no3)cc2)C1. The zero-order chi connectivity index (χ0) is 20.5. The van der Waals surface area contributed by atoms with E-state index in [0.717, 1.165) is 16.9 Å². The van der Waals surface area contributed by atoms with Crippen LogP contribution in [0.5, 0.6) is 5.75 Å². The molecule has 2 aromatic carbocycles. The summed E-state index contributed by atoms with van der Waals surface area (Å²) in [5, 5.41) is 4.05. The van der Waals surface area contributed by atoms with Gasteiger partial charge in [-0.05, 0) is 36.4 Å². The van der Waals surface area contributed by atoms with Crippen molar-refractivity contribution in [3.8, 4) is 28.6 Å². The highest BCUT2D eigenvalue weighted by atomic mass is 16.5. The number of likely N-dealkylation sites (tertiary alicyclic amines) is 1. The minimum absolute atomic E-state index is 0.00634. The summed E-state index contributed by atoms with van der Waals surface area (Å²) in [6, 6.07) is 20.9. The number of benzene rings is 2.